The van der Waals surface area contributed by atoms with E-state index in [1.165, 1.54) is 27.5 Å². The van der Waals surface area contributed by atoms with Crippen molar-refractivity contribution in [2.75, 3.05) is 0 Å². The fourth-order valence-corrected chi connectivity index (χ4v) is 2.63. The maximum atomic E-state index is 2.99. The van der Waals surface area contributed by atoms with Crippen LogP contribution in [0.15, 0.2) is 78.9 Å². The van der Waals surface area contributed by atoms with Gasteiger partial charge in [-0.2, -0.15) is 6.08 Å². The minimum atomic E-state index is 0. The molecule has 0 nitrogen and oxygen atoms in total. The molecule has 1 aliphatic carbocycles. The Hall–Kier alpha value is -1.02. The molecule has 0 fully saturated rings. The Morgan fingerprint density at radius 3 is 2.12 bits per heavy atom. The summed E-state index contributed by atoms with van der Waals surface area (Å²) in [5, 5.41) is 2.69. The molecule has 0 bridgehead atoms. The van der Waals surface area contributed by atoms with Gasteiger partial charge in [-0.15, -0.1) is 40.5 Å². The normalized spacial score (nSPS) is 10.9. The first-order valence-corrected chi connectivity index (χ1v) is 7.28. The van der Waals surface area contributed by atoms with Crippen molar-refractivity contribution < 1.29 is 50.7 Å². The molecule has 0 aromatic heterocycles. The monoisotopic (exact) mass is 520 g/mol. The molecule has 0 unspecified atom stereocenters. The first-order chi connectivity index (χ1) is 10.4. The van der Waals surface area contributed by atoms with Gasteiger partial charge >= 0.3 is 25.8 Å². The molecule has 3 aromatic rings. The van der Waals surface area contributed by atoms with Crippen LogP contribution in [0, 0.1) is 13.0 Å². The number of aryl methyl sites for hydroxylation is 1. The third kappa shape index (κ3) is 5.51. The summed E-state index contributed by atoms with van der Waals surface area (Å²) in [4.78, 5) is 0. The van der Waals surface area contributed by atoms with Gasteiger partial charge < -0.3 is 24.8 Å². The van der Waals surface area contributed by atoms with E-state index in [0.29, 0.717) is 0 Å². The van der Waals surface area contributed by atoms with E-state index in [2.05, 4.69) is 79.7 Å². The molecule has 0 spiro atoms. The van der Waals surface area contributed by atoms with Crippen molar-refractivity contribution in [2.45, 2.75) is 13.3 Å². The van der Waals surface area contributed by atoms with Crippen molar-refractivity contribution in [2.24, 2.45) is 0 Å². The second kappa shape index (κ2) is 11.5. The largest absolute Gasteiger partial charge is 4.00 e. The van der Waals surface area contributed by atoms with Gasteiger partial charge in [0.15, 0.2) is 0 Å². The van der Waals surface area contributed by atoms with Crippen LogP contribution in [-0.2, 0) is 25.8 Å². The van der Waals surface area contributed by atoms with Gasteiger partial charge in [-0.05, 0) is 0 Å². The summed E-state index contributed by atoms with van der Waals surface area (Å²) >= 11 is 0. The van der Waals surface area contributed by atoms with Crippen molar-refractivity contribution in [3.63, 3.8) is 0 Å². The van der Waals surface area contributed by atoms with Crippen LogP contribution >= 0.6 is 0 Å². The van der Waals surface area contributed by atoms with Crippen LogP contribution < -0.4 is 24.8 Å². The molecule has 0 radical (unpaired) electrons. The average Bonchev–Trinajstić information content (AvgIpc) is 3.21. The van der Waals surface area contributed by atoms with Crippen molar-refractivity contribution in [1.29, 1.82) is 0 Å². The van der Waals surface area contributed by atoms with Gasteiger partial charge in [-0.1, -0.05) is 61.0 Å². The van der Waals surface area contributed by atoms with Crippen LogP contribution in [0.4, 0.5) is 0 Å². The number of halogens is 2. The van der Waals surface area contributed by atoms with Crippen molar-refractivity contribution in [3.8, 4) is 11.1 Å². The minimum absolute atomic E-state index is 0. The van der Waals surface area contributed by atoms with Crippen LogP contribution in [-0.4, -0.2) is 0 Å². The quantitative estimate of drug-likeness (QED) is 0.310. The Bertz CT molecular complexity index is 776. The molecule has 0 aliphatic heterocycles. The third-order valence-electron chi connectivity index (χ3n) is 3.74. The second-order valence-electron chi connectivity index (χ2n) is 5.14. The summed E-state index contributed by atoms with van der Waals surface area (Å²) in [6.07, 6.45) is 10.0. The van der Waals surface area contributed by atoms with Crippen LogP contribution in [0.1, 0.15) is 12.0 Å². The molecule has 0 saturated heterocycles. The van der Waals surface area contributed by atoms with E-state index in [1.54, 1.807) is 0 Å². The maximum absolute atomic E-state index is 2.99. The van der Waals surface area contributed by atoms with Gasteiger partial charge in [-0.3, -0.25) is 6.08 Å². The fraction of sp³-hybridized carbons (Fsp3) is 0.0952. The molecule has 120 valence electrons. The molecule has 0 heterocycles. The van der Waals surface area contributed by atoms with Crippen molar-refractivity contribution in [1.82, 2.24) is 0 Å². The van der Waals surface area contributed by atoms with E-state index in [1.807, 2.05) is 12.2 Å². The summed E-state index contributed by atoms with van der Waals surface area (Å²) in [6.45, 7) is 2.20. The average molecular weight is 520 g/mol. The Labute approximate surface area is 175 Å². The predicted octanol–water partition coefficient (Wildman–Crippen LogP) is -0.155. The van der Waals surface area contributed by atoms with E-state index in [0.717, 1.165) is 6.42 Å². The van der Waals surface area contributed by atoms with Crippen LogP contribution in [0.3, 0.4) is 0 Å². The molecule has 3 aromatic carbocycles. The Kier molecular flexibility index (Phi) is 11.0. The molecule has 0 N–H and O–H groups in total. The predicted molar refractivity (Wildman–Crippen MR) is 91.3 cm³/mol. The van der Waals surface area contributed by atoms with E-state index in [9.17, 15) is 0 Å². The zero-order chi connectivity index (χ0) is 14.5. The van der Waals surface area contributed by atoms with Gasteiger partial charge in [0.05, 0.1) is 0 Å². The fourth-order valence-electron chi connectivity index (χ4n) is 2.63. The Balaban J connectivity index is 0.000000578. The Morgan fingerprint density at radius 2 is 1.58 bits per heavy atom. The van der Waals surface area contributed by atoms with E-state index >= 15 is 0 Å². The Morgan fingerprint density at radius 1 is 0.917 bits per heavy atom. The number of hydrogen-bond acceptors (Lipinski definition) is 0. The number of fused-ring (bicyclic) bond motifs is 1. The summed E-state index contributed by atoms with van der Waals surface area (Å²) in [7, 11) is 0. The van der Waals surface area contributed by atoms with Crippen LogP contribution in [0.5, 0.6) is 0 Å². The first-order valence-electron chi connectivity index (χ1n) is 7.28. The van der Waals surface area contributed by atoms with Gasteiger partial charge in [0, 0.05) is 0 Å². The molecule has 1 aliphatic rings. The van der Waals surface area contributed by atoms with E-state index < -0.39 is 0 Å². The van der Waals surface area contributed by atoms with Gasteiger partial charge in [0.1, 0.15) is 0 Å². The maximum Gasteiger partial charge on any atom is 4.00 e. The summed E-state index contributed by atoms with van der Waals surface area (Å²) < 4.78 is 0. The molecule has 24 heavy (non-hydrogen) atoms. The van der Waals surface area contributed by atoms with E-state index in [4.69, 9.17) is 0 Å². The second-order valence-corrected chi connectivity index (χ2v) is 5.14. The van der Waals surface area contributed by atoms with Crippen molar-refractivity contribution >= 4 is 10.8 Å². The molecular weight excluding hydrogens is 502 g/mol. The summed E-state index contributed by atoms with van der Waals surface area (Å²) in [5.41, 5.74) is 4.03. The van der Waals surface area contributed by atoms with E-state index in [-0.39, 0.29) is 50.7 Å². The molecule has 3 heteroatoms. The zero-order valence-corrected chi connectivity index (χ0v) is 18.6. The molecule has 0 atom stereocenters. The first kappa shape index (κ1) is 23.0. The summed E-state index contributed by atoms with van der Waals surface area (Å²) in [6, 6.07) is 21.4. The van der Waals surface area contributed by atoms with Gasteiger partial charge in [0.2, 0.25) is 0 Å². The van der Waals surface area contributed by atoms with Crippen molar-refractivity contribution in [3.05, 3.63) is 90.5 Å². The smallest absolute Gasteiger partial charge is 1.00 e. The minimum Gasteiger partial charge on any atom is -1.00 e. The number of benzene rings is 2. The van der Waals surface area contributed by atoms with Gasteiger partial charge in [0.25, 0.3) is 0 Å². The number of allylic oxidation sites excluding steroid dienone is 4. The summed E-state index contributed by atoms with van der Waals surface area (Å²) in [5.74, 6) is 0. The molecule has 0 amide bonds. The number of hydrogen-bond donors (Lipinski definition) is 0. The SMILES string of the molecule is C[c-]1c(-c2ccccc2)cc2ccccc21.[C-]1=CC=CC1.[Cl-].[Cl-].[Hf+4]. The number of rotatable bonds is 1. The molecule has 4 rings (SSSR count). The zero-order valence-electron chi connectivity index (χ0n) is 13.5. The topological polar surface area (TPSA) is 0 Å². The molecule has 0 saturated carbocycles. The molecular formula is C21H18Cl2Hf. The standard InChI is InChI=1S/C16H13.C5H5.2ClH.Hf/c1-12-15-10-6-5-9-14(15)11-16(12)13-7-3-2-4-8-13;1-2-4-5-3-1;;;/h2-11H,1H3;1-3H,4H2;2*1H;/q2*-1;;;+4/p-2. The van der Waals surface area contributed by atoms with Gasteiger partial charge in [-0.25, -0.2) is 12.2 Å². The van der Waals surface area contributed by atoms with Crippen LogP contribution in [0.2, 0.25) is 0 Å². The van der Waals surface area contributed by atoms with Crippen LogP contribution in [0.25, 0.3) is 21.9 Å². The third-order valence-corrected chi connectivity index (χ3v) is 3.74.